The molecule has 0 radical (unpaired) electrons. The first kappa shape index (κ1) is 13.3. The summed E-state index contributed by atoms with van der Waals surface area (Å²) >= 11 is 0. The zero-order chi connectivity index (χ0) is 15.3. The Morgan fingerprint density at radius 1 is 1.13 bits per heavy atom. The van der Waals surface area contributed by atoms with Crippen molar-refractivity contribution < 1.29 is 4.74 Å². The minimum absolute atomic E-state index is 0.102. The van der Waals surface area contributed by atoms with Crippen molar-refractivity contribution in [1.29, 1.82) is 0 Å². The number of rotatable bonds is 1. The van der Waals surface area contributed by atoms with Crippen molar-refractivity contribution in [2.45, 2.75) is 18.4 Å². The molecule has 4 aliphatic rings. The van der Waals surface area contributed by atoms with Gasteiger partial charge in [0.25, 0.3) is 6.02 Å². The molecular formula is C18H20N4O. The number of pyridine rings is 1. The first-order valence-corrected chi connectivity index (χ1v) is 8.39. The summed E-state index contributed by atoms with van der Waals surface area (Å²) in [6.45, 7) is 4.21. The van der Waals surface area contributed by atoms with Crippen LogP contribution in [-0.4, -0.2) is 47.7 Å². The lowest BCUT2D eigenvalue weighted by molar-refractivity contribution is -0.0829. The Morgan fingerprint density at radius 2 is 2.00 bits per heavy atom. The van der Waals surface area contributed by atoms with Gasteiger partial charge in [-0.3, -0.25) is 10.2 Å². The van der Waals surface area contributed by atoms with Gasteiger partial charge in [-0.25, -0.2) is 9.98 Å². The molecule has 0 amide bonds. The molecule has 2 bridgehead atoms. The highest BCUT2D eigenvalue weighted by Crippen LogP contribution is 2.40. The summed E-state index contributed by atoms with van der Waals surface area (Å²) in [6, 6.07) is 12.8. The van der Waals surface area contributed by atoms with E-state index in [4.69, 9.17) is 4.74 Å². The smallest absolute Gasteiger partial charge is 0.291 e. The number of fused-ring (bicyclic) bond motifs is 3. The molecule has 5 nitrogen and oxygen atoms in total. The number of anilines is 1. The number of hydrogen-bond donors (Lipinski definition) is 1. The van der Waals surface area contributed by atoms with Crippen LogP contribution in [0.2, 0.25) is 0 Å². The summed E-state index contributed by atoms with van der Waals surface area (Å²) in [5.74, 6) is 1.43. The Kier molecular flexibility index (Phi) is 2.85. The topological polar surface area (TPSA) is 49.8 Å². The molecule has 6 rings (SSSR count). The summed E-state index contributed by atoms with van der Waals surface area (Å²) in [5.41, 5.74) is 0.879. The molecule has 0 unspecified atom stereocenters. The molecule has 3 fully saturated rings. The number of hydrogen-bond acceptors (Lipinski definition) is 5. The second-order valence-electron chi connectivity index (χ2n) is 6.85. The van der Waals surface area contributed by atoms with Crippen LogP contribution >= 0.6 is 0 Å². The van der Waals surface area contributed by atoms with E-state index in [1.54, 1.807) is 0 Å². The van der Waals surface area contributed by atoms with Crippen LogP contribution in [-0.2, 0) is 4.74 Å². The van der Waals surface area contributed by atoms with Gasteiger partial charge < -0.3 is 4.74 Å². The van der Waals surface area contributed by atoms with Gasteiger partial charge in [0.05, 0.1) is 12.1 Å². The average Bonchev–Trinajstić information content (AvgIpc) is 2.98. The van der Waals surface area contributed by atoms with E-state index in [-0.39, 0.29) is 5.60 Å². The van der Waals surface area contributed by atoms with Crippen LogP contribution in [0.15, 0.2) is 41.4 Å². The maximum Gasteiger partial charge on any atom is 0.291 e. The van der Waals surface area contributed by atoms with Gasteiger partial charge in [-0.2, -0.15) is 0 Å². The average molecular weight is 308 g/mol. The Bertz CT molecular complexity index is 781. The second kappa shape index (κ2) is 4.93. The first-order chi connectivity index (χ1) is 11.3. The number of nitrogens with zero attached hydrogens (tertiary/aromatic N) is 3. The van der Waals surface area contributed by atoms with E-state index in [1.165, 1.54) is 25.9 Å². The van der Waals surface area contributed by atoms with E-state index in [9.17, 15) is 0 Å². The zero-order valence-corrected chi connectivity index (χ0v) is 13.0. The fourth-order valence-corrected chi connectivity index (χ4v) is 4.19. The number of aliphatic imine (C=N–C) groups is 1. The quantitative estimate of drug-likeness (QED) is 0.879. The minimum atomic E-state index is -0.102. The van der Waals surface area contributed by atoms with Crippen molar-refractivity contribution >= 4 is 22.7 Å². The van der Waals surface area contributed by atoms with Gasteiger partial charge in [0.15, 0.2) is 0 Å². The number of ether oxygens (including phenoxy) is 1. The highest BCUT2D eigenvalue weighted by molar-refractivity contribution is 5.91. The Morgan fingerprint density at radius 3 is 2.83 bits per heavy atom. The van der Waals surface area contributed by atoms with Gasteiger partial charge in [0.1, 0.15) is 11.4 Å². The summed E-state index contributed by atoms with van der Waals surface area (Å²) in [6.07, 6.45) is 2.47. The maximum absolute atomic E-state index is 6.30. The highest BCUT2D eigenvalue weighted by atomic mass is 16.5. The fourth-order valence-electron chi connectivity index (χ4n) is 4.19. The lowest BCUT2D eigenvalue weighted by Gasteiger charge is -2.50. The number of benzene rings is 1. The van der Waals surface area contributed by atoms with E-state index in [1.807, 2.05) is 24.3 Å². The molecular weight excluding hydrogens is 288 g/mol. The summed E-state index contributed by atoms with van der Waals surface area (Å²) in [5, 5.41) is 4.40. The van der Waals surface area contributed by atoms with Crippen LogP contribution in [0, 0.1) is 5.92 Å². The Hall–Kier alpha value is -2.14. The molecule has 23 heavy (non-hydrogen) atoms. The van der Waals surface area contributed by atoms with Gasteiger partial charge in [-0.05, 0) is 44.1 Å². The van der Waals surface area contributed by atoms with Gasteiger partial charge in [0, 0.05) is 17.8 Å². The van der Waals surface area contributed by atoms with Crippen LogP contribution in [0.4, 0.5) is 5.82 Å². The SMILES string of the molecule is c1ccc2nc(NC3=NC[C@@]4(CN5CCC4CC5)O3)ccc2c1. The summed E-state index contributed by atoms with van der Waals surface area (Å²) in [7, 11) is 0. The second-order valence-corrected chi connectivity index (χ2v) is 6.85. The molecule has 1 atom stereocenters. The highest BCUT2D eigenvalue weighted by Gasteiger charge is 2.51. The van der Waals surface area contributed by atoms with Gasteiger partial charge >= 0.3 is 0 Å². The molecule has 0 saturated carbocycles. The van der Waals surface area contributed by atoms with Gasteiger partial charge in [0.2, 0.25) is 0 Å². The van der Waals surface area contributed by atoms with E-state index in [2.05, 4.69) is 32.3 Å². The van der Waals surface area contributed by atoms with Crippen molar-refractivity contribution in [2.75, 3.05) is 31.5 Å². The zero-order valence-electron chi connectivity index (χ0n) is 13.0. The monoisotopic (exact) mass is 308 g/mol. The van der Waals surface area contributed by atoms with Crippen LogP contribution in [0.5, 0.6) is 0 Å². The van der Waals surface area contributed by atoms with Gasteiger partial charge in [-0.1, -0.05) is 18.2 Å². The number of piperidine rings is 3. The molecule has 1 aromatic heterocycles. The predicted octanol–water partition coefficient (Wildman–Crippen LogP) is 2.50. The van der Waals surface area contributed by atoms with Crippen molar-refractivity contribution in [3.63, 3.8) is 0 Å². The molecule has 5 heterocycles. The van der Waals surface area contributed by atoms with E-state index >= 15 is 0 Å². The van der Waals surface area contributed by atoms with E-state index < -0.39 is 0 Å². The van der Waals surface area contributed by atoms with Crippen molar-refractivity contribution in [2.24, 2.45) is 10.9 Å². The summed E-state index contributed by atoms with van der Waals surface area (Å²) < 4.78 is 6.30. The fraction of sp³-hybridized carbons (Fsp3) is 0.444. The Labute approximate surface area is 135 Å². The van der Waals surface area contributed by atoms with Crippen LogP contribution < -0.4 is 5.32 Å². The summed E-state index contributed by atoms with van der Waals surface area (Å²) in [4.78, 5) is 11.8. The molecule has 1 N–H and O–H groups in total. The maximum atomic E-state index is 6.30. The number of para-hydroxylation sites is 1. The van der Waals surface area contributed by atoms with Gasteiger partial charge in [-0.15, -0.1) is 0 Å². The molecule has 0 aliphatic carbocycles. The lowest BCUT2D eigenvalue weighted by atomic mass is 9.75. The molecule has 1 aromatic carbocycles. The minimum Gasteiger partial charge on any atom is -0.455 e. The largest absolute Gasteiger partial charge is 0.455 e. The first-order valence-electron chi connectivity index (χ1n) is 8.39. The van der Waals surface area contributed by atoms with Crippen LogP contribution in [0.25, 0.3) is 10.9 Å². The van der Waals surface area contributed by atoms with Crippen molar-refractivity contribution in [3.8, 4) is 0 Å². The van der Waals surface area contributed by atoms with Crippen LogP contribution in [0.1, 0.15) is 12.8 Å². The molecule has 4 aliphatic heterocycles. The van der Waals surface area contributed by atoms with E-state index in [0.29, 0.717) is 11.9 Å². The third kappa shape index (κ3) is 2.18. The van der Waals surface area contributed by atoms with E-state index in [0.717, 1.165) is 29.8 Å². The van der Waals surface area contributed by atoms with Crippen LogP contribution in [0.3, 0.4) is 0 Å². The lowest BCUT2D eigenvalue weighted by Crippen LogP contribution is -2.61. The standard InChI is InChI=1S/C18H20N4O/c1-2-4-15-13(3-1)5-6-16(20-15)21-17-19-11-18(23-17)12-22-9-7-14(18)8-10-22/h1-6,14H,7-12H2,(H,19,20,21)/t18-/m0/s1. The van der Waals surface area contributed by atoms with Crippen molar-refractivity contribution in [3.05, 3.63) is 36.4 Å². The molecule has 118 valence electrons. The molecule has 1 spiro atoms. The molecule has 3 saturated heterocycles. The number of aromatic nitrogens is 1. The number of amidine groups is 1. The predicted molar refractivity (Wildman–Crippen MR) is 90.6 cm³/mol. The third-order valence-corrected chi connectivity index (χ3v) is 5.45. The molecule has 2 aromatic rings. The third-order valence-electron chi connectivity index (χ3n) is 5.45. The Balaban J connectivity index is 1.35. The number of nitrogens with one attached hydrogen (secondary N) is 1. The molecule has 5 heteroatoms. The normalized spacial score (nSPS) is 32.1. The van der Waals surface area contributed by atoms with Crippen molar-refractivity contribution in [1.82, 2.24) is 9.88 Å².